The molecule has 0 saturated heterocycles. The predicted molar refractivity (Wildman–Crippen MR) is 108 cm³/mol. The van der Waals surface area contributed by atoms with E-state index in [2.05, 4.69) is 20.4 Å². The number of anilines is 1. The maximum atomic E-state index is 13.1. The van der Waals surface area contributed by atoms with Crippen molar-refractivity contribution in [3.63, 3.8) is 0 Å². The fraction of sp³-hybridized carbons (Fsp3) is 0.0455. The van der Waals surface area contributed by atoms with Crippen molar-refractivity contribution < 1.29 is 4.79 Å². The summed E-state index contributed by atoms with van der Waals surface area (Å²) in [5, 5.41) is 16.7. The van der Waals surface area contributed by atoms with Gasteiger partial charge in [0.25, 0.3) is 5.91 Å². The van der Waals surface area contributed by atoms with E-state index in [4.69, 9.17) is 5.26 Å². The second-order valence-electron chi connectivity index (χ2n) is 6.22. The molecule has 0 fully saturated rings. The topological polar surface area (TPSA) is 96.5 Å². The molecule has 0 spiro atoms. The first-order chi connectivity index (χ1) is 14.2. The van der Waals surface area contributed by atoms with Gasteiger partial charge in [0, 0.05) is 18.3 Å². The lowest BCUT2D eigenvalue weighted by atomic mass is 10.1. The lowest BCUT2D eigenvalue weighted by Gasteiger charge is -2.07. The third kappa shape index (κ3) is 4.01. The van der Waals surface area contributed by atoms with E-state index in [-0.39, 0.29) is 5.91 Å². The van der Waals surface area contributed by atoms with E-state index in [1.807, 2.05) is 42.5 Å². The molecule has 7 nitrogen and oxygen atoms in total. The molecule has 0 aliphatic heterocycles. The van der Waals surface area contributed by atoms with E-state index in [0.29, 0.717) is 35.1 Å². The van der Waals surface area contributed by atoms with Gasteiger partial charge in [0.1, 0.15) is 5.69 Å². The Kier molecular flexibility index (Phi) is 5.08. The van der Waals surface area contributed by atoms with Gasteiger partial charge >= 0.3 is 0 Å². The molecule has 4 aromatic rings. The van der Waals surface area contributed by atoms with Crippen LogP contribution in [0.1, 0.15) is 21.5 Å². The average Bonchev–Trinajstić information content (AvgIpc) is 3.23. The summed E-state index contributed by atoms with van der Waals surface area (Å²) < 4.78 is 1.21. The third-order valence-corrected chi connectivity index (χ3v) is 4.23. The lowest BCUT2D eigenvalue weighted by molar-refractivity contribution is 0.0947. The molecule has 0 amide bonds. The van der Waals surface area contributed by atoms with Crippen LogP contribution in [0.25, 0.3) is 11.5 Å². The summed E-state index contributed by atoms with van der Waals surface area (Å²) >= 11 is 0. The molecular weight excluding hydrogens is 364 g/mol. The van der Waals surface area contributed by atoms with Crippen LogP contribution in [0.2, 0.25) is 0 Å². The second kappa shape index (κ2) is 8.15. The van der Waals surface area contributed by atoms with Gasteiger partial charge in [0.15, 0.2) is 0 Å². The van der Waals surface area contributed by atoms with Gasteiger partial charge in [-0.1, -0.05) is 42.5 Å². The largest absolute Gasteiger partial charge is 0.350 e. The molecule has 0 atom stereocenters. The van der Waals surface area contributed by atoms with Crippen LogP contribution < -0.4 is 5.32 Å². The van der Waals surface area contributed by atoms with E-state index in [0.717, 1.165) is 5.56 Å². The Morgan fingerprint density at radius 3 is 2.62 bits per heavy atom. The number of rotatable bonds is 5. The summed E-state index contributed by atoms with van der Waals surface area (Å²) in [4.78, 5) is 21.8. The van der Waals surface area contributed by atoms with Gasteiger partial charge in [-0.2, -0.15) is 14.9 Å². The number of nitrogens with one attached hydrogen (secondary N) is 1. The zero-order valence-electron chi connectivity index (χ0n) is 15.4. The molecule has 0 saturated carbocycles. The van der Waals surface area contributed by atoms with E-state index < -0.39 is 0 Å². The molecule has 2 aromatic heterocycles. The van der Waals surface area contributed by atoms with Crippen molar-refractivity contribution in [3.8, 4) is 17.6 Å². The van der Waals surface area contributed by atoms with Gasteiger partial charge in [-0.15, -0.1) is 5.10 Å². The quantitative estimate of drug-likeness (QED) is 0.569. The van der Waals surface area contributed by atoms with Crippen LogP contribution in [0.15, 0.2) is 79.0 Å². The average molecular weight is 380 g/mol. The number of nitrogens with zero attached hydrogens (tertiary/aromatic N) is 5. The Balaban J connectivity index is 1.71. The van der Waals surface area contributed by atoms with Crippen molar-refractivity contribution >= 4 is 11.9 Å². The smallest absolute Gasteiger partial charge is 0.281 e. The molecule has 0 bridgehead atoms. The van der Waals surface area contributed by atoms with Crippen molar-refractivity contribution in [2.45, 2.75) is 6.54 Å². The first kappa shape index (κ1) is 18.1. The van der Waals surface area contributed by atoms with E-state index in [1.165, 1.54) is 10.7 Å². The fourth-order valence-electron chi connectivity index (χ4n) is 2.79. The van der Waals surface area contributed by atoms with E-state index in [1.54, 1.807) is 36.5 Å². The summed E-state index contributed by atoms with van der Waals surface area (Å²) in [5.41, 5.74) is 2.36. The zero-order valence-corrected chi connectivity index (χ0v) is 15.4. The normalized spacial score (nSPS) is 10.3. The van der Waals surface area contributed by atoms with Gasteiger partial charge < -0.3 is 5.32 Å². The van der Waals surface area contributed by atoms with Gasteiger partial charge in [-0.05, 0) is 35.9 Å². The standard InChI is InChI=1S/C22H16N6O/c23-14-17-9-6-10-18(13-17)21(29)28-22(25-15-16-7-2-1-3-8-16)26-20(27-28)19-11-4-5-12-24-19/h1-13H,15H2,(H,25,26,27). The van der Waals surface area contributed by atoms with Gasteiger partial charge in [-0.3, -0.25) is 9.78 Å². The van der Waals surface area contributed by atoms with Gasteiger partial charge in [-0.25, -0.2) is 0 Å². The number of carbonyl (C=O) groups excluding carboxylic acids is 1. The number of hydrogen-bond donors (Lipinski definition) is 1. The molecule has 0 unspecified atom stereocenters. The number of nitriles is 1. The number of aromatic nitrogens is 4. The third-order valence-electron chi connectivity index (χ3n) is 4.23. The highest BCUT2D eigenvalue weighted by Crippen LogP contribution is 2.18. The van der Waals surface area contributed by atoms with Crippen LogP contribution in [0.4, 0.5) is 5.95 Å². The van der Waals surface area contributed by atoms with E-state index in [9.17, 15) is 4.79 Å². The maximum absolute atomic E-state index is 13.1. The molecule has 0 aliphatic rings. The van der Waals surface area contributed by atoms with Crippen LogP contribution in [-0.4, -0.2) is 25.7 Å². The first-order valence-electron chi connectivity index (χ1n) is 8.96. The van der Waals surface area contributed by atoms with Crippen LogP contribution in [0, 0.1) is 11.3 Å². The molecule has 1 N–H and O–H groups in total. The molecule has 0 aliphatic carbocycles. The summed E-state index contributed by atoms with van der Waals surface area (Å²) in [6, 6.07) is 23.7. The van der Waals surface area contributed by atoms with Crippen LogP contribution in [-0.2, 0) is 6.54 Å². The number of pyridine rings is 1. The summed E-state index contributed by atoms with van der Waals surface area (Å²) in [6.45, 7) is 0.479. The van der Waals surface area contributed by atoms with Crippen molar-refractivity contribution in [1.82, 2.24) is 19.7 Å². The van der Waals surface area contributed by atoms with Crippen LogP contribution in [0.3, 0.4) is 0 Å². The molecule has 2 heterocycles. The minimum atomic E-state index is -0.382. The van der Waals surface area contributed by atoms with Crippen molar-refractivity contribution in [3.05, 3.63) is 95.7 Å². The lowest BCUT2D eigenvalue weighted by Crippen LogP contribution is -2.17. The monoisotopic (exact) mass is 380 g/mol. The summed E-state index contributed by atoms with van der Waals surface area (Å²) in [7, 11) is 0. The van der Waals surface area contributed by atoms with Gasteiger partial charge in [0.05, 0.1) is 11.6 Å². The Bertz CT molecular complexity index is 1180. The maximum Gasteiger partial charge on any atom is 0.281 e. The Morgan fingerprint density at radius 2 is 1.86 bits per heavy atom. The van der Waals surface area contributed by atoms with Crippen LogP contribution in [0.5, 0.6) is 0 Å². The van der Waals surface area contributed by atoms with Crippen LogP contribution >= 0.6 is 0 Å². The minimum absolute atomic E-state index is 0.307. The number of carbonyl (C=O) groups is 1. The molecule has 29 heavy (non-hydrogen) atoms. The predicted octanol–water partition coefficient (Wildman–Crippen LogP) is 3.51. The molecule has 4 rings (SSSR count). The second-order valence-corrected chi connectivity index (χ2v) is 6.22. The molecule has 2 aromatic carbocycles. The highest BCUT2D eigenvalue weighted by atomic mass is 16.2. The van der Waals surface area contributed by atoms with Crippen molar-refractivity contribution in [2.75, 3.05) is 5.32 Å². The fourth-order valence-corrected chi connectivity index (χ4v) is 2.79. The minimum Gasteiger partial charge on any atom is -0.350 e. The molecular formula is C22H16N6O. The summed E-state index contributed by atoms with van der Waals surface area (Å²) in [5.74, 6) is 0.264. The number of benzene rings is 2. The molecule has 7 heteroatoms. The Hall–Kier alpha value is -4.31. The highest BCUT2D eigenvalue weighted by molar-refractivity contribution is 5.97. The number of hydrogen-bond acceptors (Lipinski definition) is 6. The van der Waals surface area contributed by atoms with E-state index >= 15 is 0 Å². The first-order valence-corrected chi connectivity index (χ1v) is 8.96. The highest BCUT2D eigenvalue weighted by Gasteiger charge is 2.19. The molecule has 140 valence electrons. The Morgan fingerprint density at radius 1 is 1.03 bits per heavy atom. The summed E-state index contributed by atoms with van der Waals surface area (Å²) in [6.07, 6.45) is 1.64. The Labute approximate surface area is 167 Å². The molecule has 0 radical (unpaired) electrons. The zero-order chi connectivity index (χ0) is 20.1. The van der Waals surface area contributed by atoms with Crippen molar-refractivity contribution in [1.29, 1.82) is 5.26 Å². The van der Waals surface area contributed by atoms with Crippen molar-refractivity contribution in [2.24, 2.45) is 0 Å². The van der Waals surface area contributed by atoms with Gasteiger partial charge in [0.2, 0.25) is 11.8 Å². The SMILES string of the molecule is N#Cc1cccc(C(=O)n2nc(-c3ccccn3)nc2NCc2ccccc2)c1.